The summed E-state index contributed by atoms with van der Waals surface area (Å²) in [5, 5.41) is 0. The zero-order valence-electron chi connectivity index (χ0n) is 30.0. The van der Waals surface area contributed by atoms with Crippen molar-refractivity contribution in [2.45, 2.75) is 148 Å². The van der Waals surface area contributed by atoms with Gasteiger partial charge in [0.05, 0.1) is 27.7 Å². The zero-order valence-corrected chi connectivity index (χ0v) is 30.9. The standard InChI is InChI=1S/C36H68NO8P/c1-6-8-10-12-13-14-15-16-17-18-19-20-21-22-23-25-27-29-36(39)45-34(32-42-35(38)28-26-24-11-9-7-2)33-44-46(40,41)43-31-30-37(3,4)5/h13-14,16-17,34H,6-12,15,18-33H2,1-5H3/b14-13-,17-16-. The van der Waals surface area contributed by atoms with Crippen molar-refractivity contribution >= 4 is 19.8 Å². The normalized spacial score (nSPS) is 14.1. The lowest BCUT2D eigenvalue weighted by molar-refractivity contribution is -0.870. The van der Waals surface area contributed by atoms with Crippen LogP contribution in [0.1, 0.15) is 142 Å². The fourth-order valence-electron chi connectivity index (χ4n) is 4.56. The van der Waals surface area contributed by atoms with Crippen LogP contribution in [0.5, 0.6) is 0 Å². The van der Waals surface area contributed by atoms with Crippen LogP contribution >= 0.6 is 7.82 Å². The Kier molecular flexibility index (Phi) is 28.6. The topological polar surface area (TPSA) is 111 Å². The average Bonchev–Trinajstić information content (AvgIpc) is 2.99. The predicted octanol–water partition coefficient (Wildman–Crippen LogP) is 8.60. The maximum absolute atomic E-state index is 12.5. The summed E-state index contributed by atoms with van der Waals surface area (Å²) in [6.45, 7) is 4.07. The zero-order chi connectivity index (χ0) is 34.4. The van der Waals surface area contributed by atoms with Gasteiger partial charge in [-0.25, -0.2) is 0 Å². The minimum absolute atomic E-state index is 0.0318. The second-order valence-corrected chi connectivity index (χ2v) is 14.6. The maximum Gasteiger partial charge on any atom is 0.306 e. The molecule has 0 aromatic rings. The second kappa shape index (κ2) is 29.6. The molecule has 0 aromatic carbocycles. The number of hydrogen-bond acceptors (Lipinski definition) is 8. The number of phosphoric acid groups is 1. The molecule has 9 nitrogen and oxygen atoms in total. The fraction of sp³-hybridized carbons (Fsp3) is 0.833. The number of carbonyl (C=O) groups is 2. The minimum atomic E-state index is -4.61. The quantitative estimate of drug-likeness (QED) is 0.0230. The lowest BCUT2D eigenvalue weighted by Gasteiger charge is -2.28. The number of phosphoric ester groups is 1. The van der Waals surface area contributed by atoms with E-state index in [2.05, 4.69) is 38.2 Å². The number of allylic oxidation sites excluding steroid dienone is 4. The Bertz CT molecular complexity index is 855. The summed E-state index contributed by atoms with van der Waals surface area (Å²) in [6, 6.07) is 0. The van der Waals surface area contributed by atoms with E-state index in [0.29, 0.717) is 17.4 Å². The molecule has 2 unspecified atom stereocenters. The third-order valence-electron chi connectivity index (χ3n) is 7.47. The van der Waals surface area contributed by atoms with E-state index in [0.717, 1.165) is 64.2 Å². The molecule has 0 fully saturated rings. The Morgan fingerprint density at radius 3 is 1.76 bits per heavy atom. The van der Waals surface area contributed by atoms with Crippen molar-refractivity contribution in [1.29, 1.82) is 0 Å². The summed E-state index contributed by atoms with van der Waals surface area (Å²) in [5.74, 6) is -0.859. The highest BCUT2D eigenvalue weighted by Crippen LogP contribution is 2.38. The van der Waals surface area contributed by atoms with Crippen LogP contribution < -0.4 is 4.89 Å². The smallest absolute Gasteiger partial charge is 0.306 e. The van der Waals surface area contributed by atoms with Crippen molar-refractivity contribution in [3.8, 4) is 0 Å². The molecule has 0 aliphatic rings. The molecule has 46 heavy (non-hydrogen) atoms. The number of unbranched alkanes of at least 4 members (excludes halogenated alkanes) is 14. The van der Waals surface area contributed by atoms with E-state index in [1.807, 2.05) is 21.1 Å². The first-order chi connectivity index (χ1) is 22.0. The molecule has 0 bridgehead atoms. The Labute approximate surface area is 281 Å². The highest BCUT2D eigenvalue weighted by molar-refractivity contribution is 7.45. The van der Waals surface area contributed by atoms with Gasteiger partial charge >= 0.3 is 11.9 Å². The fourth-order valence-corrected chi connectivity index (χ4v) is 5.29. The van der Waals surface area contributed by atoms with Crippen LogP contribution in [0.4, 0.5) is 0 Å². The van der Waals surface area contributed by atoms with E-state index in [9.17, 15) is 19.0 Å². The highest BCUT2D eigenvalue weighted by Gasteiger charge is 2.21. The molecule has 0 aliphatic carbocycles. The Morgan fingerprint density at radius 1 is 0.674 bits per heavy atom. The minimum Gasteiger partial charge on any atom is -0.756 e. The van der Waals surface area contributed by atoms with Crippen molar-refractivity contribution in [2.24, 2.45) is 0 Å². The number of rotatable bonds is 32. The number of carbonyl (C=O) groups excluding carboxylic acids is 2. The number of quaternary nitrogens is 1. The third kappa shape index (κ3) is 32.4. The molecule has 0 aliphatic heterocycles. The molecular weight excluding hydrogens is 605 g/mol. The molecule has 0 heterocycles. The second-order valence-electron chi connectivity index (χ2n) is 13.2. The van der Waals surface area contributed by atoms with Gasteiger partial charge in [-0.05, 0) is 44.9 Å². The number of ether oxygens (including phenoxy) is 2. The van der Waals surface area contributed by atoms with Gasteiger partial charge in [-0.2, -0.15) is 0 Å². The van der Waals surface area contributed by atoms with Crippen LogP contribution in [0.3, 0.4) is 0 Å². The Hall–Kier alpha value is -1.51. The van der Waals surface area contributed by atoms with Crippen molar-refractivity contribution < 1.29 is 42.1 Å². The Balaban J connectivity index is 4.33. The molecule has 0 saturated heterocycles. The van der Waals surface area contributed by atoms with Crippen LogP contribution in [0, 0.1) is 0 Å². The Morgan fingerprint density at radius 2 is 1.17 bits per heavy atom. The van der Waals surface area contributed by atoms with Gasteiger partial charge in [0.15, 0.2) is 6.10 Å². The summed E-state index contributed by atoms with van der Waals surface area (Å²) >= 11 is 0. The van der Waals surface area contributed by atoms with Gasteiger partial charge < -0.3 is 27.9 Å². The van der Waals surface area contributed by atoms with Crippen LogP contribution in [0.2, 0.25) is 0 Å². The van der Waals surface area contributed by atoms with Gasteiger partial charge in [-0.15, -0.1) is 0 Å². The van der Waals surface area contributed by atoms with Crippen molar-refractivity contribution in [3.05, 3.63) is 24.3 Å². The summed E-state index contributed by atoms with van der Waals surface area (Å²) in [6.07, 6.45) is 28.1. The molecule has 0 radical (unpaired) electrons. The molecular formula is C36H68NO8P. The summed E-state index contributed by atoms with van der Waals surface area (Å²) in [5.41, 5.74) is 0. The van der Waals surface area contributed by atoms with Crippen molar-refractivity contribution in [2.75, 3.05) is 47.5 Å². The van der Waals surface area contributed by atoms with Gasteiger partial charge in [0.25, 0.3) is 7.82 Å². The van der Waals surface area contributed by atoms with Crippen LogP contribution in [0.25, 0.3) is 0 Å². The van der Waals surface area contributed by atoms with Crippen LogP contribution in [0.15, 0.2) is 24.3 Å². The van der Waals surface area contributed by atoms with Crippen LogP contribution in [-0.2, 0) is 32.7 Å². The van der Waals surface area contributed by atoms with E-state index in [1.165, 1.54) is 44.9 Å². The number of nitrogens with zero attached hydrogens (tertiary/aromatic N) is 1. The lowest BCUT2D eigenvalue weighted by atomic mass is 10.1. The van der Waals surface area contributed by atoms with Gasteiger partial charge in [0.1, 0.15) is 19.8 Å². The molecule has 0 rings (SSSR count). The molecule has 270 valence electrons. The van der Waals surface area contributed by atoms with E-state index in [1.54, 1.807) is 0 Å². The SMILES string of the molecule is CCCCC/C=C\C/C=C\CCCCCCCCCC(=O)OC(COC(=O)CCCCCCC)COP(=O)([O-])OCC[N+](C)(C)C. The highest BCUT2D eigenvalue weighted by atomic mass is 31.2. The van der Waals surface area contributed by atoms with E-state index < -0.39 is 32.5 Å². The predicted molar refractivity (Wildman–Crippen MR) is 185 cm³/mol. The maximum atomic E-state index is 12.5. The number of esters is 2. The first-order valence-electron chi connectivity index (χ1n) is 18.0. The summed E-state index contributed by atoms with van der Waals surface area (Å²) in [4.78, 5) is 37.0. The monoisotopic (exact) mass is 673 g/mol. The molecule has 0 spiro atoms. The number of hydrogen-bond donors (Lipinski definition) is 0. The third-order valence-corrected chi connectivity index (χ3v) is 8.44. The largest absolute Gasteiger partial charge is 0.756 e. The molecule has 0 N–H and O–H groups in total. The number of likely N-dealkylation sites (N-methyl/N-ethyl adjacent to an activating group) is 1. The van der Waals surface area contributed by atoms with E-state index >= 15 is 0 Å². The summed E-state index contributed by atoms with van der Waals surface area (Å²) < 4.78 is 33.5. The molecule has 10 heteroatoms. The summed E-state index contributed by atoms with van der Waals surface area (Å²) in [7, 11) is 1.16. The first-order valence-corrected chi connectivity index (χ1v) is 19.5. The first kappa shape index (κ1) is 44.5. The van der Waals surface area contributed by atoms with Crippen molar-refractivity contribution in [1.82, 2.24) is 0 Å². The van der Waals surface area contributed by atoms with Gasteiger partial charge in [-0.3, -0.25) is 14.2 Å². The molecule has 0 saturated carbocycles. The lowest BCUT2D eigenvalue weighted by Crippen LogP contribution is -2.37. The van der Waals surface area contributed by atoms with Gasteiger partial charge in [-0.1, -0.05) is 109 Å². The van der Waals surface area contributed by atoms with Crippen LogP contribution in [-0.4, -0.2) is 70.0 Å². The molecule has 0 aromatic heterocycles. The molecule has 0 amide bonds. The van der Waals surface area contributed by atoms with Crippen molar-refractivity contribution in [3.63, 3.8) is 0 Å². The average molecular weight is 674 g/mol. The van der Waals surface area contributed by atoms with E-state index in [4.69, 9.17) is 18.5 Å². The molecule has 2 atom stereocenters. The van der Waals surface area contributed by atoms with Gasteiger partial charge in [0, 0.05) is 12.8 Å². The van der Waals surface area contributed by atoms with Gasteiger partial charge in [0.2, 0.25) is 0 Å². The van der Waals surface area contributed by atoms with E-state index in [-0.39, 0.29) is 26.1 Å².